The van der Waals surface area contributed by atoms with Crippen molar-refractivity contribution in [1.29, 1.82) is 0 Å². The molecule has 0 unspecified atom stereocenters. The molecule has 136 valence electrons. The third kappa shape index (κ3) is 3.60. The Labute approximate surface area is 155 Å². The van der Waals surface area contributed by atoms with Crippen molar-refractivity contribution >= 4 is 38.5 Å². The maximum absolute atomic E-state index is 12.7. The zero-order valence-electron chi connectivity index (χ0n) is 13.9. The lowest BCUT2D eigenvalue weighted by atomic mass is 10.1. The Morgan fingerprint density at radius 3 is 2.69 bits per heavy atom. The van der Waals surface area contributed by atoms with E-state index in [0.29, 0.717) is 10.6 Å². The van der Waals surface area contributed by atoms with E-state index in [0.717, 1.165) is 16.5 Å². The molecule has 3 aromatic rings. The van der Waals surface area contributed by atoms with Crippen LogP contribution >= 0.6 is 11.6 Å². The van der Waals surface area contributed by atoms with E-state index in [1.807, 2.05) is 24.3 Å². The highest BCUT2D eigenvalue weighted by Crippen LogP contribution is 2.24. The van der Waals surface area contributed by atoms with Crippen molar-refractivity contribution < 1.29 is 18.3 Å². The third-order valence-corrected chi connectivity index (χ3v) is 6.23. The van der Waals surface area contributed by atoms with E-state index in [4.69, 9.17) is 11.6 Å². The molecule has 6 nitrogen and oxygen atoms in total. The molecule has 0 radical (unpaired) electrons. The van der Waals surface area contributed by atoms with E-state index in [1.165, 1.54) is 12.1 Å². The predicted molar refractivity (Wildman–Crippen MR) is 99.9 cm³/mol. The van der Waals surface area contributed by atoms with E-state index < -0.39 is 22.0 Å². The molecular formula is C18H17ClN2O4S. The summed E-state index contributed by atoms with van der Waals surface area (Å²) >= 11 is 5.99. The summed E-state index contributed by atoms with van der Waals surface area (Å²) in [5.41, 5.74) is 1.96. The SMILES string of the molecule is Cc1c(Cl)cccc1S(=O)(=O)N[C@H](Cc1c[nH]c2ccccc12)C(=O)O. The number of benzene rings is 2. The van der Waals surface area contributed by atoms with Gasteiger partial charge in [0.15, 0.2) is 0 Å². The standard InChI is InChI=1S/C18H17ClN2O4S/c1-11-14(19)6-4-8-17(11)26(24,25)21-16(18(22)23)9-12-10-20-15-7-3-2-5-13(12)15/h2-8,10,16,20-21H,9H2,1H3,(H,22,23)/t16-/m1/s1. The number of aromatic nitrogens is 1. The molecule has 3 N–H and O–H groups in total. The van der Waals surface area contributed by atoms with Gasteiger partial charge in [-0.2, -0.15) is 4.72 Å². The van der Waals surface area contributed by atoms with Crippen LogP contribution in [0.25, 0.3) is 10.9 Å². The van der Waals surface area contributed by atoms with Gasteiger partial charge < -0.3 is 10.1 Å². The molecule has 3 rings (SSSR count). The fraction of sp³-hybridized carbons (Fsp3) is 0.167. The Morgan fingerprint density at radius 1 is 1.23 bits per heavy atom. The van der Waals surface area contributed by atoms with Crippen molar-refractivity contribution in [2.75, 3.05) is 0 Å². The molecule has 0 amide bonds. The molecule has 0 saturated carbocycles. The maximum atomic E-state index is 12.7. The van der Waals surface area contributed by atoms with E-state index in [1.54, 1.807) is 19.2 Å². The number of para-hydroxylation sites is 1. The number of aromatic amines is 1. The van der Waals surface area contributed by atoms with Gasteiger partial charge in [-0.05, 0) is 36.2 Å². The summed E-state index contributed by atoms with van der Waals surface area (Å²) in [4.78, 5) is 14.7. The predicted octanol–water partition coefficient (Wildman–Crippen LogP) is 3.10. The zero-order valence-corrected chi connectivity index (χ0v) is 15.4. The van der Waals surface area contributed by atoms with Crippen molar-refractivity contribution in [2.24, 2.45) is 0 Å². The average Bonchev–Trinajstić information content (AvgIpc) is 2.99. The van der Waals surface area contributed by atoms with Crippen LogP contribution < -0.4 is 4.72 Å². The van der Waals surface area contributed by atoms with E-state index in [9.17, 15) is 18.3 Å². The van der Waals surface area contributed by atoms with Crippen molar-refractivity contribution in [3.05, 3.63) is 64.8 Å². The number of halogens is 1. The van der Waals surface area contributed by atoms with Crippen molar-refractivity contribution in [3.8, 4) is 0 Å². The van der Waals surface area contributed by atoms with Gasteiger partial charge in [-0.25, -0.2) is 8.42 Å². The fourth-order valence-electron chi connectivity index (χ4n) is 2.83. The van der Waals surface area contributed by atoms with Crippen LogP contribution in [0.1, 0.15) is 11.1 Å². The summed E-state index contributed by atoms with van der Waals surface area (Å²) in [6, 6.07) is 10.6. The lowest BCUT2D eigenvalue weighted by Gasteiger charge is -2.16. The summed E-state index contributed by atoms with van der Waals surface area (Å²) in [6.07, 6.45) is 1.71. The second kappa shape index (κ2) is 7.11. The monoisotopic (exact) mass is 392 g/mol. The van der Waals surface area contributed by atoms with E-state index in [2.05, 4.69) is 9.71 Å². The maximum Gasteiger partial charge on any atom is 0.322 e. The van der Waals surface area contributed by atoms with Gasteiger partial charge in [0.1, 0.15) is 6.04 Å². The highest BCUT2D eigenvalue weighted by molar-refractivity contribution is 7.89. The van der Waals surface area contributed by atoms with Crippen LogP contribution in [0, 0.1) is 6.92 Å². The number of sulfonamides is 1. The molecule has 0 bridgehead atoms. The number of nitrogens with one attached hydrogen (secondary N) is 2. The van der Waals surface area contributed by atoms with Crippen LogP contribution in [0.4, 0.5) is 0 Å². The van der Waals surface area contributed by atoms with Gasteiger partial charge in [-0.15, -0.1) is 0 Å². The Kier molecular flexibility index (Phi) is 5.04. The molecule has 1 atom stereocenters. The van der Waals surface area contributed by atoms with Gasteiger partial charge in [-0.1, -0.05) is 35.9 Å². The Hall–Kier alpha value is -2.35. The van der Waals surface area contributed by atoms with E-state index >= 15 is 0 Å². The summed E-state index contributed by atoms with van der Waals surface area (Å²) in [7, 11) is -4.04. The van der Waals surface area contributed by atoms with Crippen molar-refractivity contribution in [3.63, 3.8) is 0 Å². The number of rotatable bonds is 6. The number of hydrogen-bond acceptors (Lipinski definition) is 3. The minimum Gasteiger partial charge on any atom is -0.480 e. The quantitative estimate of drug-likeness (QED) is 0.600. The highest BCUT2D eigenvalue weighted by atomic mass is 35.5. The van der Waals surface area contributed by atoms with Crippen molar-refractivity contribution in [1.82, 2.24) is 9.71 Å². The Morgan fingerprint density at radius 2 is 1.96 bits per heavy atom. The molecule has 0 saturated heterocycles. The highest BCUT2D eigenvalue weighted by Gasteiger charge is 2.27. The van der Waals surface area contributed by atoms with Crippen LogP contribution in [-0.2, 0) is 21.2 Å². The fourth-order valence-corrected chi connectivity index (χ4v) is 4.52. The Bertz CT molecular complexity index is 1080. The smallest absolute Gasteiger partial charge is 0.322 e. The summed E-state index contributed by atoms with van der Waals surface area (Å²) in [6.45, 7) is 1.58. The number of carboxylic acids is 1. The molecule has 0 spiro atoms. The minimum atomic E-state index is -4.04. The first kappa shape index (κ1) is 18.4. The first-order valence-electron chi connectivity index (χ1n) is 7.85. The van der Waals surface area contributed by atoms with Crippen LogP contribution in [0.15, 0.2) is 53.6 Å². The average molecular weight is 393 g/mol. The number of H-pyrrole nitrogens is 1. The number of aliphatic carboxylic acids is 1. The number of carboxylic acid groups (broad SMARTS) is 1. The van der Waals surface area contributed by atoms with Gasteiger partial charge in [0, 0.05) is 28.5 Å². The Balaban J connectivity index is 1.91. The largest absolute Gasteiger partial charge is 0.480 e. The molecule has 8 heteroatoms. The minimum absolute atomic E-state index is 0.0121. The molecule has 2 aromatic carbocycles. The first-order valence-corrected chi connectivity index (χ1v) is 9.71. The van der Waals surface area contributed by atoms with Gasteiger partial charge in [-0.3, -0.25) is 4.79 Å². The van der Waals surface area contributed by atoms with Crippen LogP contribution in [0.3, 0.4) is 0 Å². The zero-order chi connectivity index (χ0) is 18.9. The number of fused-ring (bicyclic) bond motifs is 1. The first-order chi connectivity index (χ1) is 12.3. The molecule has 26 heavy (non-hydrogen) atoms. The number of carbonyl (C=O) groups is 1. The van der Waals surface area contributed by atoms with Gasteiger partial charge >= 0.3 is 5.97 Å². The number of hydrogen-bond donors (Lipinski definition) is 3. The lowest BCUT2D eigenvalue weighted by molar-refractivity contribution is -0.138. The second-order valence-electron chi connectivity index (χ2n) is 5.94. The van der Waals surface area contributed by atoms with Crippen LogP contribution in [-0.4, -0.2) is 30.5 Å². The third-order valence-electron chi connectivity index (χ3n) is 4.20. The van der Waals surface area contributed by atoms with Crippen LogP contribution in [0.2, 0.25) is 5.02 Å². The molecule has 0 aliphatic heterocycles. The normalized spacial score (nSPS) is 13.0. The van der Waals surface area contributed by atoms with Gasteiger partial charge in [0.05, 0.1) is 4.90 Å². The molecular weight excluding hydrogens is 376 g/mol. The van der Waals surface area contributed by atoms with Crippen molar-refractivity contribution in [2.45, 2.75) is 24.3 Å². The second-order valence-corrected chi connectivity index (χ2v) is 8.03. The molecule has 0 aliphatic rings. The van der Waals surface area contributed by atoms with E-state index in [-0.39, 0.29) is 11.3 Å². The molecule has 0 aliphatic carbocycles. The van der Waals surface area contributed by atoms with Gasteiger partial charge in [0.2, 0.25) is 10.0 Å². The molecule has 0 fully saturated rings. The molecule has 1 aromatic heterocycles. The van der Waals surface area contributed by atoms with Gasteiger partial charge in [0.25, 0.3) is 0 Å². The molecule has 1 heterocycles. The van der Waals surface area contributed by atoms with Crippen LogP contribution in [0.5, 0.6) is 0 Å². The lowest BCUT2D eigenvalue weighted by Crippen LogP contribution is -2.42. The summed E-state index contributed by atoms with van der Waals surface area (Å²) in [5, 5.41) is 10.7. The summed E-state index contributed by atoms with van der Waals surface area (Å²) < 4.78 is 27.6. The summed E-state index contributed by atoms with van der Waals surface area (Å²) in [5.74, 6) is -1.25. The topological polar surface area (TPSA) is 99.3 Å².